The van der Waals surface area contributed by atoms with Crippen LogP contribution >= 0.6 is 0 Å². The molecule has 0 unspecified atom stereocenters. The Bertz CT molecular complexity index is 333. The Balaban J connectivity index is 2.63. The SMILES string of the molecule is CCCN(Cc1ncoc1C)CC(C)(C)CN. The summed E-state index contributed by atoms with van der Waals surface area (Å²) in [4.78, 5) is 6.65. The second-order valence-electron chi connectivity index (χ2n) is 5.43. The van der Waals surface area contributed by atoms with Crippen molar-refractivity contribution in [1.82, 2.24) is 9.88 Å². The van der Waals surface area contributed by atoms with Crippen LogP contribution in [0.15, 0.2) is 10.8 Å². The molecule has 0 saturated carbocycles. The van der Waals surface area contributed by atoms with Gasteiger partial charge in [-0.25, -0.2) is 4.98 Å². The number of rotatable bonds is 7. The normalized spacial score (nSPS) is 12.4. The van der Waals surface area contributed by atoms with Gasteiger partial charge in [-0.3, -0.25) is 4.90 Å². The summed E-state index contributed by atoms with van der Waals surface area (Å²) in [7, 11) is 0. The third-order valence-electron chi connectivity index (χ3n) is 2.96. The highest BCUT2D eigenvalue weighted by Crippen LogP contribution is 2.17. The average molecular weight is 239 g/mol. The fourth-order valence-electron chi connectivity index (χ4n) is 1.89. The molecule has 0 bridgehead atoms. The molecule has 0 aromatic carbocycles. The number of oxazole rings is 1. The number of hydrogen-bond acceptors (Lipinski definition) is 4. The van der Waals surface area contributed by atoms with E-state index in [0.29, 0.717) is 6.54 Å². The van der Waals surface area contributed by atoms with Gasteiger partial charge in [0.1, 0.15) is 5.76 Å². The van der Waals surface area contributed by atoms with Gasteiger partial charge >= 0.3 is 0 Å². The Kier molecular flexibility index (Phi) is 5.15. The van der Waals surface area contributed by atoms with Crippen molar-refractivity contribution in [1.29, 1.82) is 0 Å². The molecule has 1 aromatic rings. The topological polar surface area (TPSA) is 55.3 Å². The van der Waals surface area contributed by atoms with Gasteiger partial charge in [0.2, 0.25) is 0 Å². The Hall–Kier alpha value is -0.870. The zero-order chi connectivity index (χ0) is 12.9. The van der Waals surface area contributed by atoms with Gasteiger partial charge in [0.15, 0.2) is 6.39 Å². The molecule has 1 rings (SSSR count). The fraction of sp³-hybridized carbons (Fsp3) is 0.769. The molecule has 17 heavy (non-hydrogen) atoms. The van der Waals surface area contributed by atoms with E-state index in [0.717, 1.165) is 37.5 Å². The smallest absolute Gasteiger partial charge is 0.181 e. The van der Waals surface area contributed by atoms with Crippen molar-refractivity contribution in [3.05, 3.63) is 17.8 Å². The van der Waals surface area contributed by atoms with Crippen LogP contribution in [-0.4, -0.2) is 29.5 Å². The van der Waals surface area contributed by atoms with Crippen LogP contribution in [0.2, 0.25) is 0 Å². The van der Waals surface area contributed by atoms with Crippen molar-refractivity contribution >= 4 is 0 Å². The highest BCUT2D eigenvalue weighted by Gasteiger charge is 2.21. The number of aryl methyl sites for hydroxylation is 1. The molecule has 1 heterocycles. The Morgan fingerprint density at radius 3 is 2.65 bits per heavy atom. The van der Waals surface area contributed by atoms with Crippen molar-refractivity contribution < 1.29 is 4.42 Å². The first-order valence-corrected chi connectivity index (χ1v) is 6.30. The van der Waals surface area contributed by atoms with E-state index in [-0.39, 0.29) is 5.41 Å². The van der Waals surface area contributed by atoms with Gasteiger partial charge in [-0.2, -0.15) is 0 Å². The lowest BCUT2D eigenvalue weighted by Gasteiger charge is -2.31. The molecule has 0 amide bonds. The highest BCUT2D eigenvalue weighted by atomic mass is 16.3. The summed E-state index contributed by atoms with van der Waals surface area (Å²) in [6.07, 6.45) is 2.65. The van der Waals surface area contributed by atoms with Gasteiger partial charge in [-0.05, 0) is 31.8 Å². The Labute approximate surface area is 104 Å². The molecule has 0 aliphatic carbocycles. The lowest BCUT2D eigenvalue weighted by Crippen LogP contribution is -2.39. The van der Waals surface area contributed by atoms with Gasteiger partial charge in [0, 0.05) is 13.1 Å². The minimum Gasteiger partial charge on any atom is -0.448 e. The molecule has 0 radical (unpaired) electrons. The molecule has 0 aliphatic heterocycles. The largest absolute Gasteiger partial charge is 0.448 e. The summed E-state index contributed by atoms with van der Waals surface area (Å²) in [6, 6.07) is 0. The maximum absolute atomic E-state index is 5.79. The van der Waals surface area contributed by atoms with E-state index in [4.69, 9.17) is 10.2 Å². The van der Waals surface area contributed by atoms with Crippen LogP contribution in [0.5, 0.6) is 0 Å². The van der Waals surface area contributed by atoms with Gasteiger partial charge in [-0.1, -0.05) is 20.8 Å². The summed E-state index contributed by atoms with van der Waals surface area (Å²) in [5.74, 6) is 0.914. The molecule has 0 spiro atoms. The van der Waals surface area contributed by atoms with E-state index in [1.54, 1.807) is 0 Å². The monoisotopic (exact) mass is 239 g/mol. The first-order chi connectivity index (χ1) is 7.98. The van der Waals surface area contributed by atoms with E-state index in [1.807, 2.05) is 6.92 Å². The molecule has 0 saturated heterocycles. The summed E-state index contributed by atoms with van der Waals surface area (Å²) < 4.78 is 5.24. The molecular weight excluding hydrogens is 214 g/mol. The van der Waals surface area contributed by atoms with Gasteiger partial charge in [-0.15, -0.1) is 0 Å². The van der Waals surface area contributed by atoms with Crippen LogP contribution < -0.4 is 5.73 Å². The van der Waals surface area contributed by atoms with Crippen LogP contribution in [0, 0.1) is 12.3 Å². The second kappa shape index (κ2) is 6.17. The average Bonchev–Trinajstić information content (AvgIpc) is 2.64. The quantitative estimate of drug-likeness (QED) is 0.792. The van der Waals surface area contributed by atoms with E-state index in [1.165, 1.54) is 6.39 Å². The van der Waals surface area contributed by atoms with E-state index in [2.05, 4.69) is 30.7 Å². The summed E-state index contributed by atoms with van der Waals surface area (Å²) in [6.45, 7) is 12.2. The minimum absolute atomic E-state index is 0.146. The zero-order valence-electron chi connectivity index (χ0n) is 11.5. The molecular formula is C13H25N3O. The minimum atomic E-state index is 0.146. The van der Waals surface area contributed by atoms with Gasteiger partial charge in [0.25, 0.3) is 0 Å². The van der Waals surface area contributed by atoms with Crippen LogP contribution in [0.3, 0.4) is 0 Å². The number of nitrogens with two attached hydrogens (primary N) is 1. The lowest BCUT2D eigenvalue weighted by molar-refractivity contribution is 0.174. The fourth-order valence-corrected chi connectivity index (χ4v) is 1.89. The molecule has 4 heteroatoms. The third-order valence-corrected chi connectivity index (χ3v) is 2.96. The molecule has 0 aliphatic rings. The molecule has 2 N–H and O–H groups in total. The predicted molar refractivity (Wildman–Crippen MR) is 69.6 cm³/mol. The van der Waals surface area contributed by atoms with Crippen molar-refractivity contribution in [2.75, 3.05) is 19.6 Å². The van der Waals surface area contributed by atoms with Crippen LogP contribution in [0.25, 0.3) is 0 Å². The molecule has 0 fully saturated rings. The van der Waals surface area contributed by atoms with Crippen LogP contribution in [-0.2, 0) is 6.54 Å². The summed E-state index contributed by atoms with van der Waals surface area (Å²) in [5, 5.41) is 0. The summed E-state index contributed by atoms with van der Waals surface area (Å²) >= 11 is 0. The lowest BCUT2D eigenvalue weighted by atomic mass is 9.93. The first kappa shape index (κ1) is 14.2. The van der Waals surface area contributed by atoms with E-state index >= 15 is 0 Å². The second-order valence-corrected chi connectivity index (χ2v) is 5.43. The number of nitrogens with zero attached hydrogens (tertiary/aromatic N) is 2. The van der Waals surface area contributed by atoms with Crippen LogP contribution in [0.4, 0.5) is 0 Å². The van der Waals surface area contributed by atoms with Crippen molar-refractivity contribution in [3.63, 3.8) is 0 Å². The van der Waals surface area contributed by atoms with Crippen LogP contribution in [0.1, 0.15) is 38.6 Å². The highest BCUT2D eigenvalue weighted by molar-refractivity contribution is 5.04. The number of aromatic nitrogens is 1. The van der Waals surface area contributed by atoms with E-state index in [9.17, 15) is 0 Å². The Morgan fingerprint density at radius 2 is 2.18 bits per heavy atom. The summed E-state index contributed by atoms with van der Waals surface area (Å²) in [5.41, 5.74) is 6.97. The molecule has 1 aromatic heterocycles. The van der Waals surface area contributed by atoms with E-state index < -0.39 is 0 Å². The Morgan fingerprint density at radius 1 is 1.47 bits per heavy atom. The maximum atomic E-state index is 5.79. The molecule has 0 atom stereocenters. The number of hydrogen-bond donors (Lipinski definition) is 1. The standard InChI is InChI=1S/C13H25N3O/c1-5-6-16(9-13(3,4)8-14)7-12-11(2)17-10-15-12/h10H,5-9,14H2,1-4H3. The van der Waals surface area contributed by atoms with Crippen molar-refractivity contribution in [3.8, 4) is 0 Å². The maximum Gasteiger partial charge on any atom is 0.181 e. The van der Waals surface area contributed by atoms with Crippen molar-refractivity contribution in [2.45, 2.75) is 40.7 Å². The zero-order valence-corrected chi connectivity index (χ0v) is 11.5. The third kappa shape index (κ3) is 4.48. The molecule has 98 valence electrons. The van der Waals surface area contributed by atoms with Crippen molar-refractivity contribution in [2.24, 2.45) is 11.1 Å². The predicted octanol–water partition coefficient (Wildman–Crippen LogP) is 2.18. The van der Waals surface area contributed by atoms with Gasteiger partial charge in [0.05, 0.1) is 5.69 Å². The first-order valence-electron chi connectivity index (χ1n) is 6.30. The van der Waals surface area contributed by atoms with Gasteiger partial charge < -0.3 is 10.2 Å². The molecule has 4 nitrogen and oxygen atoms in total.